The fraction of sp³-hybridized carbons (Fsp3) is 0.0588. The van der Waals surface area contributed by atoms with Crippen LogP contribution in [0.5, 0.6) is 0 Å². The van der Waals surface area contributed by atoms with Crippen LogP contribution >= 0.6 is 0 Å². The highest BCUT2D eigenvalue weighted by Crippen LogP contribution is 2.15. The molecule has 0 fully saturated rings. The van der Waals surface area contributed by atoms with Crippen LogP contribution in [-0.2, 0) is 7.05 Å². The molecule has 0 aliphatic carbocycles. The Labute approximate surface area is 146 Å². The summed E-state index contributed by atoms with van der Waals surface area (Å²) >= 11 is 0. The zero-order valence-corrected chi connectivity index (χ0v) is 13.6. The van der Waals surface area contributed by atoms with Gasteiger partial charge in [0.15, 0.2) is 5.69 Å². The number of hydrogen-bond donors (Lipinski definition) is 1. The van der Waals surface area contributed by atoms with Crippen LogP contribution in [0.4, 0.5) is 5.69 Å². The summed E-state index contributed by atoms with van der Waals surface area (Å²) in [4.78, 5) is 34.9. The first kappa shape index (κ1) is 17.0. The lowest BCUT2D eigenvalue weighted by atomic mass is 10.1. The Bertz CT molecular complexity index is 1100. The smallest absolute Gasteiger partial charge is 0.267 e. The van der Waals surface area contributed by atoms with Crippen molar-refractivity contribution in [3.8, 4) is 0 Å². The van der Waals surface area contributed by atoms with Crippen molar-refractivity contribution in [1.82, 2.24) is 15.2 Å². The maximum atomic E-state index is 12.4. The predicted octanol–water partition coefficient (Wildman–Crippen LogP) is 1.61. The van der Waals surface area contributed by atoms with Crippen molar-refractivity contribution in [2.45, 2.75) is 0 Å². The van der Waals surface area contributed by atoms with E-state index in [1.54, 1.807) is 30.3 Å². The first-order valence-electron chi connectivity index (χ1n) is 7.52. The fourth-order valence-corrected chi connectivity index (χ4v) is 2.44. The molecule has 0 atom stereocenters. The van der Waals surface area contributed by atoms with E-state index in [0.29, 0.717) is 10.8 Å². The van der Waals surface area contributed by atoms with Gasteiger partial charge >= 0.3 is 0 Å². The normalized spacial score (nSPS) is 11.0. The van der Waals surface area contributed by atoms with Crippen molar-refractivity contribution < 1.29 is 9.72 Å². The van der Waals surface area contributed by atoms with E-state index in [0.717, 1.165) is 4.68 Å². The molecule has 130 valence electrons. The molecule has 9 heteroatoms. The molecule has 1 amide bonds. The van der Waals surface area contributed by atoms with E-state index < -0.39 is 10.8 Å². The molecule has 3 aromatic rings. The standard InChI is InChI=1S/C17H13N5O4/c1-21-17(24)13-8-4-3-7-12(13)15(20-21)16(23)19-18-10-11-6-2-5-9-14(11)22(25)26/h2-10H,1H3,(H,19,23)/b18-10-. The molecular formula is C17H13N5O4. The van der Waals surface area contributed by atoms with Gasteiger partial charge in [-0.05, 0) is 12.1 Å². The van der Waals surface area contributed by atoms with Gasteiger partial charge in [-0.25, -0.2) is 10.1 Å². The Hall–Kier alpha value is -3.88. The zero-order chi connectivity index (χ0) is 18.7. The van der Waals surface area contributed by atoms with E-state index in [1.165, 1.54) is 31.5 Å². The summed E-state index contributed by atoms with van der Waals surface area (Å²) in [5.74, 6) is -0.633. The molecule has 0 aliphatic heterocycles. The number of benzene rings is 2. The van der Waals surface area contributed by atoms with Crippen LogP contribution in [0.2, 0.25) is 0 Å². The molecular weight excluding hydrogens is 338 g/mol. The maximum absolute atomic E-state index is 12.4. The molecule has 1 aromatic heterocycles. The Balaban J connectivity index is 1.91. The molecule has 1 heterocycles. The molecule has 1 N–H and O–H groups in total. The van der Waals surface area contributed by atoms with E-state index >= 15 is 0 Å². The van der Waals surface area contributed by atoms with E-state index in [4.69, 9.17) is 0 Å². The quantitative estimate of drug-likeness (QED) is 0.435. The Kier molecular flexibility index (Phi) is 4.52. The van der Waals surface area contributed by atoms with Gasteiger partial charge < -0.3 is 0 Å². The van der Waals surface area contributed by atoms with Crippen molar-refractivity contribution in [3.63, 3.8) is 0 Å². The van der Waals surface area contributed by atoms with Crippen molar-refractivity contribution >= 4 is 28.6 Å². The van der Waals surface area contributed by atoms with Gasteiger partial charge in [0.25, 0.3) is 17.2 Å². The largest absolute Gasteiger partial charge is 0.292 e. The average Bonchev–Trinajstić information content (AvgIpc) is 2.65. The van der Waals surface area contributed by atoms with Crippen LogP contribution in [0.1, 0.15) is 16.1 Å². The number of para-hydroxylation sites is 1. The highest BCUT2D eigenvalue weighted by Gasteiger charge is 2.15. The van der Waals surface area contributed by atoms with E-state index in [9.17, 15) is 19.7 Å². The van der Waals surface area contributed by atoms with Gasteiger partial charge in [-0.2, -0.15) is 10.2 Å². The molecule has 0 unspecified atom stereocenters. The number of fused-ring (bicyclic) bond motifs is 1. The molecule has 2 aromatic carbocycles. The van der Waals surface area contributed by atoms with Crippen molar-refractivity contribution in [3.05, 3.63) is 80.3 Å². The zero-order valence-electron chi connectivity index (χ0n) is 13.6. The van der Waals surface area contributed by atoms with Gasteiger partial charge in [0.05, 0.1) is 22.1 Å². The second-order valence-electron chi connectivity index (χ2n) is 5.34. The monoisotopic (exact) mass is 351 g/mol. The molecule has 0 radical (unpaired) electrons. The topological polar surface area (TPSA) is 119 Å². The summed E-state index contributed by atoms with van der Waals surface area (Å²) in [6, 6.07) is 12.6. The number of nitrogens with one attached hydrogen (secondary N) is 1. The lowest BCUT2D eigenvalue weighted by Crippen LogP contribution is -2.27. The van der Waals surface area contributed by atoms with Crippen LogP contribution in [0.25, 0.3) is 10.8 Å². The maximum Gasteiger partial charge on any atom is 0.292 e. The number of nitro groups is 1. The summed E-state index contributed by atoms with van der Waals surface area (Å²) in [7, 11) is 1.45. The van der Waals surface area contributed by atoms with Gasteiger partial charge in [-0.15, -0.1) is 0 Å². The SMILES string of the molecule is Cn1nc(C(=O)N/N=C\c2ccccc2[N+](=O)[O-])c2ccccc2c1=O. The molecule has 9 nitrogen and oxygen atoms in total. The minimum absolute atomic E-state index is 0.0300. The first-order valence-corrected chi connectivity index (χ1v) is 7.52. The number of aromatic nitrogens is 2. The van der Waals surface area contributed by atoms with E-state index in [2.05, 4.69) is 15.6 Å². The van der Waals surface area contributed by atoms with Crippen LogP contribution in [0.3, 0.4) is 0 Å². The van der Waals surface area contributed by atoms with Gasteiger partial charge in [-0.1, -0.05) is 30.3 Å². The number of nitrogens with zero attached hydrogens (tertiary/aromatic N) is 4. The predicted molar refractivity (Wildman–Crippen MR) is 95.1 cm³/mol. The number of hydrogen-bond acceptors (Lipinski definition) is 6. The first-order chi connectivity index (χ1) is 12.5. The second kappa shape index (κ2) is 6.93. The number of amides is 1. The summed E-state index contributed by atoms with van der Waals surface area (Å²) in [6.45, 7) is 0. The van der Waals surface area contributed by atoms with Gasteiger partial charge in [0.1, 0.15) is 0 Å². The van der Waals surface area contributed by atoms with Crippen molar-refractivity contribution in [2.24, 2.45) is 12.1 Å². The fourth-order valence-electron chi connectivity index (χ4n) is 2.44. The van der Waals surface area contributed by atoms with Crippen LogP contribution < -0.4 is 11.0 Å². The molecule has 0 spiro atoms. The molecule has 0 bridgehead atoms. The molecule has 3 rings (SSSR count). The third kappa shape index (κ3) is 3.18. The summed E-state index contributed by atoms with van der Waals surface area (Å²) in [5, 5.41) is 19.5. The highest BCUT2D eigenvalue weighted by molar-refractivity contribution is 6.05. The van der Waals surface area contributed by atoms with Gasteiger partial charge in [0, 0.05) is 18.5 Å². The second-order valence-corrected chi connectivity index (χ2v) is 5.34. The number of nitro benzene ring substituents is 1. The lowest BCUT2D eigenvalue weighted by molar-refractivity contribution is -0.385. The lowest BCUT2D eigenvalue weighted by Gasteiger charge is -2.06. The molecule has 0 saturated carbocycles. The summed E-state index contributed by atoms with van der Waals surface area (Å²) < 4.78 is 1.07. The third-order valence-electron chi connectivity index (χ3n) is 3.67. The van der Waals surface area contributed by atoms with Crippen molar-refractivity contribution in [1.29, 1.82) is 0 Å². The highest BCUT2D eigenvalue weighted by atomic mass is 16.6. The Morgan fingerprint density at radius 3 is 2.58 bits per heavy atom. The average molecular weight is 351 g/mol. The number of carbonyl (C=O) groups is 1. The molecule has 0 aliphatic rings. The van der Waals surface area contributed by atoms with Crippen LogP contribution in [0.15, 0.2) is 58.4 Å². The summed E-state index contributed by atoms with van der Waals surface area (Å²) in [6.07, 6.45) is 1.18. The van der Waals surface area contributed by atoms with Gasteiger partial charge in [-0.3, -0.25) is 19.7 Å². The minimum atomic E-state index is -0.633. The number of rotatable bonds is 4. The number of carbonyl (C=O) groups excluding carboxylic acids is 1. The third-order valence-corrected chi connectivity index (χ3v) is 3.67. The minimum Gasteiger partial charge on any atom is -0.267 e. The summed E-state index contributed by atoms with van der Waals surface area (Å²) in [5.41, 5.74) is 2.11. The van der Waals surface area contributed by atoms with Crippen molar-refractivity contribution in [2.75, 3.05) is 0 Å². The Morgan fingerprint density at radius 1 is 1.19 bits per heavy atom. The van der Waals surface area contributed by atoms with Crippen LogP contribution in [-0.4, -0.2) is 26.8 Å². The molecule has 26 heavy (non-hydrogen) atoms. The van der Waals surface area contributed by atoms with E-state index in [1.807, 2.05) is 0 Å². The van der Waals surface area contributed by atoms with Crippen LogP contribution in [0, 0.1) is 10.1 Å². The van der Waals surface area contributed by atoms with E-state index in [-0.39, 0.29) is 22.5 Å². The van der Waals surface area contributed by atoms with Gasteiger partial charge in [0.2, 0.25) is 0 Å². The number of aryl methyl sites for hydroxylation is 1. The Morgan fingerprint density at radius 2 is 1.85 bits per heavy atom. The molecule has 0 saturated heterocycles. The number of hydrazone groups is 1.